The van der Waals surface area contributed by atoms with E-state index in [9.17, 15) is 15.0 Å². The molecule has 6 nitrogen and oxygen atoms in total. The summed E-state index contributed by atoms with van der Waals surface area (Å²) in [6.07, 6.45) is 2.60. The zero-order chi connectivity index (χ0) is 22.3. The number of pyridine rings is 1. The number of thiophene rings is 1. The lowest BCUT2D eigenvalue weighted by atomic mass is 9.95. The molecule has 2 fully saturated rings. The first-order valence-corrected chi connectivity index (χ1v) is 11.8. The van der Waals surface area contributed by atoms with Crippen LogP contribution < -0.4 is 0 Å². The van der Waals surface area contributed by atoms with Gasteiger partial charge in [0, 0.05) is 35.3 Å². The van der Waals surface area contributed by atoms with Crippen molar-refractivity contribution in [2.75, 3.05) is 26.3 Å². The molecule has 32 heavy (non-hydrogen) atoms. The molecule has 2 saturated heterocycles. The Morgan fingerprint density at radius 2 is 1.94 bits per heavy atom. The summed E-state index contributed by atoms with van der Waals surface area (Å²) in [5, 5.41) is 22.7. The van der Waals surface area contributed by atoms with E-state index < -0.39 is 5.60 Å². The maximum Gasteiger partial charge on any atom is 0.253 e. The number of carbonyl (C=O) groups excluding carboxylic acids is 1. The van der Waals surface area contributed by atoms with Gasteiger partial charge in [-0.2, -0.15) is 0 Å². The average Bonchev–Trinajstić information content (AvgIpc) is 3.27. The largest absolute Gasteiger partial charge is 0.393 e. The zero-order valence-electron chi connectivity index (χ0n) is 17.3. The number of rotatable bonds is 4. The molecule has 0 atom stereocenters. The van der Waals surface area contributed by atoms with Gasteiger partial charge in [0.05, 0.1) is 30.0 Å². The van der Waals surface area contributed by atoms with Crippen LogP contribution in [-0.4, -0.2) is 58.4 Å². The van der Waals surface area contributed by atoms with Gasteiger partial charge in [0.1, 0.15) is 0 Å². The van der Waals surface area contributed by atoms with Gasteiger partial charge >= 0.3 is 0 Å². The van der Waals surface area contributed by atoms with E-state index in [1.54, 1.807) is 28.5 Å². The zero-order valence-corrected chi connectivity index (χ0v) is 18.9. The molecule has 5 rings (SSSR count). The summed E-state index contributed by atoms with van der Waals surface area (Å²) in [7, 11) is 0. The maximum absolute atomic E-state index is 12.8. The molecule has 2 aliphatic heterocycles. The number of benzene rings is 1. The van der Waals surface area contributed by atoms with Crippen LogP contribution >= 0.6 is 22.9 Å². The van der Waals surface area contributed by atoms with Crippen LogP contribution in [0.5, 0.6) is 0 Å². The van der Waals surface area contributed by atoms with Gasteiger partial charge in [-0.1, -0.05) is 17.7 Å². The molecule has 0 spiro atoms. The Hall–Kier alpha value is -2.29. The number of aromatic nitrogens is 1. The number of hydrogen-bond acceptors (Lipinski definition) is 6. The van der Waals surface area contributed by atoms with Crippen molar-refractivity contribution < 1.29 is 19.7 Å². The summed E-state index contributed by atoms with van der Waals surface area (Å²) in [5.41, 5.74) is 3.01. The van der Waals surface area contributed by atoms with Crippen LogP contribution in [-0.2, 0) is 10.3 Å². The van der Waals surface area contributed by atoms with Crippen molar-refractivity contribution in [1.82, 2.24) is 9.88 Å². The SMILES string of the molecule is O=C(c1ccc(-c2cc(-c3ccnc(C4(O)COC4)c3)cs2)c(Cl)c1)N1CCC(O)CC1. The maximum atomic E-state index is 12.8. The number of ether oxygens (including phenoxy) is 1. The number of nitrogens with zero attached hydrogens (tertiary/aromatic N) is 2. The predicted molar refractivity (Wildman–Crippen MR) is 124 cm³/mol. The highest BCUT2D eigenvalue weighted by Crippen LogP contribution is 2.38. The Labute approximate surface area is 195 Å². The van der Waals surface area contributed by atoms with Crippen molar-refractivity contribution in [2.24, 2.45) is 0 Å². The molecular formula is C24H23ClN2O4S. The minimum absolute atomic E-state index is 0.0561. The lowest BCUT2D eigenvalue weighted by molar-refractivity contribution is -0.186. The standard InChI is InChI=1S/C24H23ClN2O4S/c25-20-9-16(23(29)27-7-4-18(28)5-8-27)1-2-19(20)21-10-17(12-32-21)15-3-6-26-22(11-15)24(30)13-31-14-24/h1-3,6,9-12,18,28,30H,4-5,7-8,13-14H2. The summed E-state index contributed by atoms with van der Waals surface area (Å²) < 4.78 is 5.14. The van der Waals surface area contributed by atoms with Gasteiger partial charge in [-0.3, -0.25) is 9.78 Å². The van der Waals surface area contributed by atoms with E-state index in [1.807, 2.05) is 29.6 Å². The average molecular weight is 471 g/mol. The van der Waals surface area contributed by atoms with Crippen molar-refractivity contribution in [2.45, 2.75) is 24.5 Å². The third-order valence-corrected chi connectivity index (χ3v) is 7.36. The number of halogens is 1. The third kappa shape index (κ3) is 4.07. The van der Waals surface area contributed by atoms with Gasteiger partial charge < -0.3 is 19.8 Å². The number of amides is 1. The molecular weight excluding hydrogens is 448 g/mol. The molecule has 1 amide bonds. The number of likely N-dealkylation sites (tertiary alicyclic amines) is 1. The van der Waals surface area contributed by atoms with Gasteiger partial charge in [0.25, 0.3) is 5.91 Å². The lowest BCUT2D eigenvalue weighted by Crippen LogP contribution is -2.47. The summed E-state index contributed by atoms with van der Waals surface area (Å²) >= 11 is 8.15. The van der Waals surface area contributed by atoms with Crippen LogP contribution in [0.25, 0.3) is 21.6 Å². The van der Waals surface area contributed by atoms with Crippen molar-refractivity contribution in [3.63, 3.8) is 0 Å². The quantitative estimate of drug-likeness (QED) is 0.603. The molecule has 166 valence electrons. The van der Waals surface area contributed by atoms with Crippen LogP contribution in [0, 0.1) is 0 Å². The van der Waals surface area contributed by atoms with Crippen LogP contribution in [0.2, 0.25) is 5.02 Å². The molecule has 8 heteroatoms. The number of aliphatic hydroxyl groups is 2. The summed E-state index contributed by atoms with van der Waals surface area (Å²) in [6.45, 7) is 1.64. The number of aliphatic hydroxyl groups excluding tert-OH is 1. The first kappa shape index (κ1) is 21.6. The third-order valence-electron chi connectivity index (χ3n) is 6.08. The molecule has 3 aromatic rings. The molecule has 2 aliphatic rings. The molecule has 0 saturated carbocycles. The highest BCUT2D eigenvalue weighted by Gasteiger charge is 2.39. The van der Waals surface area contributed by atoms with Crippen molar-refractivity contribution in [3.8, 4) is 21.6 Å². The van der Waals surface area contributed by atoms with Gasteiger partial charge in [0.2, 0.25) is 0 Å². The fourth-order valence-corrected chi connectivity index (χ4v) is 5.33. The van der Waals surface area contributed by atoms with E-state index >= 15 is 0 Å². The van der Waals surface area contributed by atoms with Crippen LogP contribution in [0.3, 0.4) is 0 Å². The monoisotopic (exact) mass is 470 g/mol. The second kappa shape index (κ2) is 8.57. The second-order valence-corrected chi connectivity index (χ2v) is 9.69. The van der Waals surface area contributed by atoms with Crippen molar-refractivity contribution in [1.29, 1.82) is 0 Å². The Balaban J connectivity index is 1.36. The van der Waals surface area contributed by atoms with E-state index in [0.29, 0.717) is 42.2 Å². The van der Waals surface area contributed by atoms with Gasteiger partial charge in [-0.25, -0.2) is 0 Å². The molecule has 0 radical (unpaired) electrons. The summed E-state index contributed by atoms with van der Waals surface area (Å²) in [5.74, 6) is -0.0561. The molecule has 2 aromatic heterocycles. The fraction of sp³-hybridized carbons (Fsp3) is 0.333. The van der Waals surface area contributed by atoms with E-state index in [4.69, 9.17) is 16.3 Å². The lowest BCUT2D eigenvalue weighted by Gasteiger charge is -2.35. The highest BCUT2D eigenvalue weighted by molar-refractivity contribution is 7.14. The second-order valence-electron chi connectivity index (χ2n) is 8.37. The van der Waals surface area contributed by atoms with E-state index in [0.717, 1.165) is 21.6 Å². The van der Waals surface area contributed by atoms with Crippen LogP contribution in [0.1, 0.15) is 28.9 Å². The molecule has 0 bridgehead atoms. The number of carbonyl (C=O) groups is 1. The Kier molecular flexibility index (Phi) is 5.77. The van der Waals surface area contributed by atoms with Gasteiger partial charge in [0.15, 0.2) is 5.60 Å². The van der Waals surface area contributed by atoms with Crippen molar-refractivity contribution >= 4 is 28.8 Å². The first-order chi connectivity index (χ1) is 15.4. The Morgan fingerprint density at radius 1 is 1.16 bits per heavy atom. The van der Waals surface area contributed by atoms with Crippen LogP contribution in [0.15, 0.2) is 48.0 Å². The predicted octanol–water partition coefficient (Wildman–Crippen LogP) is 3.95. The Morgan fingerprint density at radius 3 is 2.62 bits per heavy atom. The van der Waals surface area contributed by atoms with E-state index in [1.165, 1.54) is 0 Å². The van der Waals surface area contributed by atoms with E-state index in [2.05, 4.69) is 11.1 Å². The first-order valence-electron chi connectivity index (χ1n) is 10.6. The van der Waals surface area contributed by atoms with Crippen molar-refractivity contribution in [3.05, 3.63) is 64.3 Å². The molecule has 4 heterocycles. The van der Waals surface area contributed by atoms with E-state index in [-0.39, 0.29) is 25.2 Å². The molecule has 0 aliphatic carbocycles. The topological polar surface area (TPSA) is 82.9 Å². The molecule has 1 aromatic carbocycles. The fourth-order valence-electron chi connectivity index (χ4n) is 4.04. The van der Waals surface area contributed by atoms with Gasteiger partial charge in [-0.05, 0) is 59.7 Å². The minimum atomic E-state index is -1.01. The van der Waals surface area contributed by atoms with Gasteiger partial charge in [-0.15, -0.1) is 11.3 Å². The Bertz CT molecular complexity index is 1150. The molecule has 2 N–H and O–H groups in total. The number of hydrogen-bond donors (Lipinski definition) is 2. The van der Waals surface area contributed by atoms with Crippen LogP contribution in [0.4, 0.5) is 0 Å². The highest BCUT2D eigenvalue weighted by atomic mass is 35.5. The normalized spacial score (nSPS) is 18.4. The smallest absolute Gasteiger partial charge is 0.253 e. The summed E-state index contributed by atoms with van der Waals surface area (Å²) in [6, 6.07) is 11.3. The molecule has 0 unspecified atom stereocenters. The summed E-state index contributed by atoms with van der Waals surface area (Å²) in [4.78, 5) is 19.9. The number of piperidine rings is 1. The minimum Gasteiger partial charge on any atom is -0.393 e.